The smallest absolute Gasteiger partial charge is 0.223 e. The monoisotopic (exact) mass is 457 g/mol. The fourth-order valence-corrected chi connectivity index (χ4v) is 3.37. The van der Waals surface area contributed by atoms with E-state index in [1.807, 2.05) is 30.3 Å². The summed E-state index contributed by atoms with van der Waals surface area (Å²) in [7, 11) is 1.60. The Morgan fingerprint density at radius 1 is 0.882 bits per heavy atom. The first kappa shape index (κ1) is 21.0. The minimum atomic E-state index is -0.538. The lowest BCUT2D eigenvalue weighted by atomic mass is 10.2. The van der Waals surface area contributed by atoms with Crippen molar-refractivity contribution in [3.63, 3.8) is 0 Å². The number of aromatic nitrogens is 4. The molecule has 10 heteroatoms. The van der Waals surface area contributed by atoms with Crippen molar-refractivity contribution in [3.8, 4) is 17.2 Å². The van der Waals surface area contributed by atoms with Crippen molar-refractivity contribution in [2.45, 2.75) is 0 Å². The van der Waals surface area contributed by atoms with Gasteiger partial charge in [-0.15, -0.1) is 0 Å². The number of rotatable bonds is 7. The fraction of sp³-hybridized carbons (Fsp3) is 0.0417. The van der Waals surface area contributed by atoms with Crippen molar-refractivity contribution in [1.82, 2.24) is 19.9 Å². The zero-order chi connectivity index (χ0) is 23.5. The molecule has 0 fully saturated rings. The van der Waals surface area contributed by atoms with E-state index in [-0.39, 0.29) is 11.7 Å². The van der Waals surface area contributed by atoms with Crippen molar-refractivity contribution >= 4 is 40.0 Å². The van der Waals surface area contributed by atoms with Gasteiger partial charge in [-0.25, -0.2) is 9.37 Å². The zero-order valence-corrected chi connectivity index (χ0v) is 18.0. The van der Waals surface area contributed by atoms with Gasteiger partial charge < -0.3 is 30.8 Å². The Bertz CT molecular complexity index is 1450. The Balaban J connectivity index is 1.33. The number of methoxy groups -OCH3 is 1. The molecule has 170 valence electrons. The van der Waals surface area contributed by atoms with Crippen molar-refractivity contribution < 1.29 is 13.9 Å². The van der Waals surface area contributed by atoms with Crippen molar-refractivity contribution in [1.29, 1.82) is 0 Å². The molecule has 34 heavy (non-hydrogen) atoms. The molecule has 0 bridgehead atoms. The second-order valence-corrected chi connectivity index (χ2v) is 7.27. The SMILES string of the molecule is COc1ccc(Nc2cc(Nc3ccc(Oc4ccnc5[nH]ccc45)c(F)c3)nc(N)n2)cc1. The van der Waals surface area contributed by atoms with Crippen LogP contribution in [-0.4, -0.2) is 27.0 Å². The van der Waals surface area contributed by atoms with Gasteiger partial charge in [-0.1, -0.05) is 0 Å². The number of hydrogen-bond donors (Lipinski definition) is 4. The van der Waals surface area contributed by atoms with Crippen LogP contribution >= 0.6 is 0 Å². The van der Waals surface area contributed by atoms with E-state index in [9.17, 15) is 4.39 Å². The average Bonchev–Trinajstić information content (AvgIpc) is 3.31. The van der Waals surface area contributed by atoms with Crippen LogP contribution in [0.25, 0.3) is 11.0 Å². The number of nitrogens with zero attached hydrogens (tertiary/aromatic N) is 3. The minimum absolute atomic E-state index is 0.0645. The van der Waals surface area contributed by atoms with Crippen LogP contribution in [0.4, 0.5) is 33.3 Å². The maximum Gasteiger partial charge on any atom is 0.223 e. The summed E-state index contributed by atoms with van der Waals surface area (Å²) >= 11 is 0. The molecule has 5 aromatic rings. The summed E-state index contributed by atoms with van der Waals surface area (Å²) in [4.78, 5) is 15.6. The Morgan fingerprint density at radius 2 is 1.62 bits per heavy atom. The summed E-state index contributed by atoms with van der Waals surface area (Å²) in [5.41, 5.74) is 7.80. The number of benzene rings is 2. The van der Waals surface area contributed by atoms with E-state index in [1.54, 1.807) is 37.7 Å². The molecular formula is C24H20FN7O2. The average molecular weight is 457 g/mol. The van der Waals surface area contributed by atoms with Crippen LogP contribution < -0.4 is 25.8 Å². The molecule has 3 heterocycles. The van der Waals surface area contributed by atoms with Crippen LogP contribution in [0, 0.1) is 5.82 Å². The Morgan fingerprint density at radius 3 is 2.35 bits per heavy atom. The van der Waals surface area contributed by atoms with Gasteiger partial charge in [-0.2, -0.15) is 9.97 Å². The first-order valence-corrected chi connectivity index (χ1v) is 10.3. The maximum atomic E-state index is 14.8. The van der Waals surface area contributed by atoms with Gasteiger partial charge in [0.05, 0.1) is 12.5 Å². The summed E-state index contributed by atoms with van der Waals surface area (Å²) in [6.07, 6.45) is 3.35. The normalized spacial score (nSPS) is 10.8. The largest absolute Gasteiger partial charge is 0.497 e. The van der Waals surface area contributed by atoms with Gasteiger partial charge in [0.15, 0.2) is 11.6 Å². The third-order valence-electron chi connectivity index (χ3n) is 4.95. The summed E-state index contributed by atoms with van der Waals surface area (Å²) < 4.78 is 25.7. The fourth-order valence-electron chi connectivity index (χ4n) is 3.37. The molecule has 0 aliphatic rings. The van der Waals surface area contributed by atoms with Crippen molar-refractivity contribution in [2.24, 2.45) is 0 Å². The van der Waals surface area contributed by atoms with Gasteiger partial charge in [0, 0.05) is 35.9 Å². The standard InChI is InChI=1S/C24H20FN7O2/c1-33-16-5-2-14(3-6-16)29-21-13-22(32-24(26)31-21)30-15-4-7-20(18(25)12-15)34-19-9-11-28-23-17(19)8-10-27-23/h2-13H,1H3,(H,27,28)(H4,26,29,30,31,32). The number of nitrogens with one attached hydrogen (secondary N) is 3. The molecule has 5 rings (SSSR count). The van der Waals surface area contributed by atoms with Crippen molar-refractivity contribution in [2.75, 3.05) is 23.5 Å². The van der Waals surface area contributed by atoms with Crippen LogP contribution in [0.3, 0.4) is 0 Å². The van der Waals surface area contributed by atoms with Gasteiger partial charge in [-0.05, 0) is 48.5 Å². The number of nitrogens with two attached hydrogens (primary N) is 1. The number of pyridine rings is 1. The first-order valence-electron chi connectivity index (χ1n) is 10.3. The number of aromatic amines is 1. The highest BCUT2D eigenvalue weighted by Crippen LogP contribution is 2.32. The third kappa shape index (κ3) is 4.51. The highest BCUT2D eigenvalue weighted by molar-refractivity contribution is 5.82. The molecule has 0 unspecified atom stereocenters. The lowest BCUT2D eigenvalue weighted by Gasteiger charge is -2.12. The van der Waals surface area contributed by atoms with E-state index < -0.39 is 5.82 Å². The quantitative estimate of drug-likeness (QED) is 0.257. The lowest BCUT2D eigenvalue weighted by Crippen LogP contribution is -2.03. The summed E-state index contributed by atoms with van der Waals surface area (Å²) in [5, 5.41) is 6.96. The Labute approximate surface area is 193 Å². The first-order chi connectivity index (χ1) is 16.6. The summed E-state index contributed by atoms with van der Waals surface area (Å²) in [6, 6.07) is 17.1. The highest BCUT2D eigenvalue weighted by atomic mass is 19.1. The van der Waals surface area contributed by atoms with Crippen LogP contribution in [0.1, 0.15) is 0 Å². The van der Waals surface area contributed by atoms with Gasteiger partial charge >= 0.3 is 0 Å². The topological polar surface area (TPSA) is 123 Å². The molecule has 0 radical (unpaired) electrons. The van der Waals surface area contributed by atoms with Gasteiger partial charge in [0.1, 0.15) is 28.8 Å². The molecule has 2 aromatic carbocycles. The minimum Gasteiger partial charge on any atom is -0.497 e. The molecular weight excluding hydrogens is 437 g/mol. The molecule has 0 atom stereocenters. The molecule has 0 aliphatic heterocycles. The second kappa shape index (κ2) is 8.94. The molecule has 0 saturated heterocycles. The van der Waals surface area contributed by atoms with Gasteiger partial charge in [0.25, 0.3) is 0 Å². The van der Waals surface area contributed by atoms with Gasteiger partial charge in [0.2, 0.25) is 5.95 Å². The summed E-state index contributed by atoms with van der Waals surface area (Å²) in [5.74, 6) is 1.74. The number of ether oxygens (including phenoxy) is 2. The molecule has 0 spiro atoms. The van der Waals surface area contributed by atoms with Crippen LogP contribution in [0.5, 0.6) is 17.2 Å². The molecule has 0 amide bonds. The lowest BCUT2D eigenvalue weighted by molar-refractivity contribution is 0.415. The predicted octanol–water partition coefficient (Wildman–Crippen LogP) is 5.36. The number of hydrogen-bond acceptors (Lipinski definition) is 8. The summed E-state index contributed by atoms with van der Waals surface area (Å²) in [6.45, 7) is 0. The van der Waals surface area contributed by atoms with Crippen LogP contribution in [0.15, 0.2) is 73.1 Å². The number of nitrogen functional groups attached to an aromatic ring is 1. The zero-order valence-electron chi connectivity index (χ0n) is 18.0. The van der Waals surface area contributed by atoms with E-state index in [2.05, 4.69) is 30.6 Å². The van der Waals surface area contributed by atoms with E-state index >= 15 is 0 Å². The van der Waals surface area contributed by atoms with E-state index in [1.165, 1.54) is 12.1 Å². The molecule has 3 aromatic heterocycles. The number of H-pyrrole nitrogens is 1. The molecule has 5 N–H and O–H groups in total. The number of fused-ring (bicyclic) bond motifs is 1. The van der Waals surface area contributed by atoms with E-state index in [0.717, 1.165) is 16.8 Å². The van der Waals surface area contributed by atoms with Crippen LogP contribution in [0.2, 0.25) is 0 Å². The molecule has 0 saturated carbocycles. The van der Waals surface area contributed by atoms with E-state index in [4.69, 9.17) is 15.2 Å². The van der Waals surface area contributed by atoms with Crippen molar-refractivity contribution in [3.05, 3.63) is 78.9 Å². The highest BCUT2D eigenvalue weighted by Gasteiger charge is 2.11. The van der Waals surface area contributed by atoms with Crippen LogP contribution in [-0.2, 0) is 0 Å². The predicted molar refractivity (Wildman–Crippen MR) is 129 cm³/mol. The molecule has 9 nitrogen and oxygen atoms in total. The number of anilines is 5. The second-order valence-electron chi connectivity index (χ2n) is 7.27. The Kier molecular flexibility index (Phi) is 5.53. The van der Waals surface area contributed by atoms with E-state index in [0.29, 0.717) is 28.7 Å². The Hall–Kier alpha value is -4.86. The maximum absolute atomic E-state index is 14.8. The van der Waals surface area contributed by atoms with Gasteiger partial charge in [-0.3, -0.25) is 0 Å². The third-order valence-corrected chi connectivity index (χ3v) is 4.95. The number of halogens is 1. The molecule has 0 aliphatic carbocycles.